The maximum atomic E-state index is 13.8. The number of ether oxygens (including phenoxy) is 1. The summed E-state index contributed by atoms with van der Waals surface area (Å²) >= 11 is 2.21. The molecule has 0 bridgehead atoms. The molecule has 292 valence electrons. The molecule has 0 atom stereocenters. The molecule has 2 aromatic heterocycles. The van der Waals surface area contributed by atoms with Crippen LogP contribution in [-0.4, -0.2) is 76.0 Å². The molecule has 2 saturated heterocycles. The minimum Gasteiger partial charge on any atom is -0.378 e. The van der Waals surface area contributed by atoms with E-state index in [0.717, 1.165) is 99.0 Å². The van der Waals surface area contributed by atoms with Crippen molar-refractivity contribution in [3.63, 3.8) is 0 Å². The summed E-state index contributed by atoms with van der Waals surface area (Å²) in [5.74, 6) is 0.394. The van der Waals surface area contributed by atoms with E-state index in [1.54, 1.807) is 6.07 Å². The van der Waals surface area contributed by atoms with Gasteiger partial charge in [0.1, 0.15) is 12.1 Å². The van der Waals surface area contributed by atoms with E-state index < -0.39 is 12.1 Å². The zero-order chi connectivity index (χ0) is 38.7. The lowest BCUT2D eigenvalue weighted by Crippen LogP contribution is -2.36. The SMILES string of the molecule is O=C(Nc1nc(-c2ccccc2)ns1)Nc1ccc(F)cc1N1CCCCC1.O=C(Nc1ncns1)Nc1ccc(N2CCOCC2)cc1C(=O)C1CCCC1. The van der Waals surface area contributed by atoms with E-state index in [1.165, 1.54) is 24.9 Å². The molecule has 3 fully saturated rings. The molecule has 14 nitrogen and oxygen atoms in total. The Morgan fingerprint density at radius 2 is 1.45 bits per heavy atom. The lowest BCUT2D eigenvalue weighted by Gasteiger charge is -2.30. The first-order chi connectivity index (χ1) is 27.4. The highest BCUT2D eigenvalue weighted by molar-refractivity contribution is 7.10. The number of nitrogens with zero attached hydrogens (tertiary/aromatic N) is 6. The van der Waals surface area contributed by atoms with Crippen LogP contribution < -0.4 is 31.1 Å². The molecule has 3 aromatic carbocycles. The van der Waals surface area contributed by atoms with Crippen LogP contribution in [0.1, 0.15) is 55.3 Å². The lowest BCUT2D eigenvalue weighted by molar-refractivity contribution is 0.0923. The summed E-state index contributed by atoms with van der Waals surface area (Å²) in [6.07, 6.45) is 8.68. The first-order valence-electron chi connectivity index (χ1n) is 18.8. The number of halogens is 1. The Morgan fingerprint density at radius 1 is 0.732 bits per heavy atom. The van der Waals surface area contributed by atoms with Crippen molar-refractivity contribution in [2.45, 2.75) is 44.9 Å². The molecule has 0 radical (unpaired) electrons. The number of hydrogen-bond donors (Lipinski definition) is 4. The van der Waals surface area contributed by atoms with Crippen LogP contribution in [0.2, 0.25) is 0 Å². The number of carbonyl (C=O) groups excluding carboxylic acids is 3. The minimum atomic E-state index is -0.434. The number of carbonyl (C=O) groups is 3. The van der Waals surface area contributed by atoms with Gasteiger partial charge in [-0.1, -0.05) is 43.2 Å². The maximum absolute atomic E-state index is 13.8. The van der Waals surface area contributed by atoms with Crippen LogP contribution in [0.3, 0.4) is 0 Å². The molecule has 3 aliphatic rings. The molecule has 1 saturated carbocycles. The maximum Gasteiger partial charge on any atom is 0.325 e. The molecule has 2 aliphatic heterocycles. The Kier molecular flexibility index (Phi) is 13.1. The number of piperidine rings is 1. The highest BCUT2D eigenvalue weighted by atomic mass is 32.1. The predicted octanol–water partition coefficient (Wildman–Crippen LogP) is 8.37. The van der Waals surface area contributed by atoms with Gasteiger partial charge in [-0.3, -0.25) is 15.4 Å². The third-order valence-electron chi connectivity index (χ3n) is 9.78. The fourth-order valence-corrected chi connectivity index (χ4v) is 8.00. The Morgan fingerprint density at radius 3 is 2.18 bits per heavy atom. The average molecular weight is 799 g/mol. The zero-order valence-electron chi connectivity index (χ0n) is 30.7. The summed E-state index contributed by atoms with van der Waals surface area (Å²) in [5.41, 5.74) is 4.25. The molecule has 1 aliphatic carbocycles. The second-order valence-electron chi connectivity index (χ2n) is 13.6. The minimum absolute atomic E-state index is 0.0340. The molecule has 4 heterocycles. The summed E-state index contributed by atoms with van der Waals surface area (Å²) in [5, 5.41) is 11.8. The smallest absolute Gasteiger partial charge is 0.325 e. The van der Waals surface area contributed by atoms with Gasteiger partial charge in [0.15, 0.2) is 11.6 Å². The van der Waals surface area contributed by atoms with Gasteiger partial charge in [-0.25, -0.2) is 19.0 Å². The van der Waals surface area contributed by atoms with Crippen LogP contribution in [0.5, 0.6) is 0 Å². The van der Waals surface area contributed by atoms with Crippen molar-refractivity contribution in [3.8, 4) is 11.4 Å². The Bertz CT molecular complexity index is 2080. The summed E-state index contributed by atoms with van der Waals surface area (Å²) in [6.45, 7) is 4.65. The number of rotatable bonds is 9. The van der Waals surface area contributed by atoms with Crippen molar-refractivity contribution in [2.24, 2.45) is 5.92 Å². The highest BCUT2D eigenvalue weighted by Crippen LogP contribution is 2.33. The van der Waals surface area contributed by atoms with Crippen molar-refractivity contribution in [3.05, 3.63) is 84.4 Å². The van der Waals surface area contributed by atoms with Gasteiger partial charge < -0.3 is 25.2 Å². The molecule has 17 heteroatoms. The molecular formula is C39H43FN10O4S2. The number of aromatic nitrogens is 4. The number of ketones is 1. The van der Waals surface area contributed by atoms with E-state index in [2.05, 4.69) is 49.8 Å². The van der Waals surface area contributed by atoms with Gasteiger partial charge in [-0.15, -0.1) is 0 Å². The van der Waals surface area contributed by atoms with Gasteiger partial charge in [0.2, 0.25) is 10.3 Å². The van der Waals surface area contributed by atoms with Gasteiger partial charge in [0.05, 0.1) is 30.3 Å². The van der Waals surface area contributed by atoms with E-state index in [4.69, 9.17) is 4.74 Å². The monoisotopic (exact) mass is 798 g/mol. The van der Waals surface area contributed by atoms with Crippen LogP contribution in [-0.2, 0) is 4.74 Å². The van der Waals surface area contributed by atoms with Crippen LogP contribution >= 0.6 is 23.1 Å². The fraction of sp³-hybridized carbons (Fsp3) is 0.359. The fourth-order valence-electron chi connectivity index (χ4n) is 6.99. The number of benzene rings is 3. The van der Waals surface area contributed by atoms with Gasteiger partial charge in [-0.2, -0.15) is 13.7 Å². The number of morpholine rings is 1. The van der Waals surface area contributed by atoms with Crippen molar-refractivity contribution in [2.75, 3.05) is 70.5 Å². The normalized spacial score (nSPS) is 15.7. The average Bonchev–Trinajstić information content (AvgIpc) is 4.05. The number of Topliss-reactive ketones (excluding diaryl/α,β-unsaturated/α-hetero) is 1. The van der Waals surface area contributed by atoms with Crippen molar-refractivity contribution >= 4 is 73.9 Å². The second kappa shape index (κ2) is 18.9. The van der Waals surface area contributed by atoms with Crippen molar-refractivity contribution in [1.82, 2.24) is 18.7 Å². The zero-order valence-corrected chi connectivity index (χ0v) is 32.3. The molecule has 4 amide bonds. The number of amides is 4. The first-order valence-corrected chi connectivity index (χ1v) is 20.3. The van der Waals surface area contributed by atoms with E-state index in [9.17, 15) is 18.8 Å². The summed E-state index contributed by atoms with van der Waals surface area (Å²) < 4.78 is 27.3. The molecular weight excluding hydrogens is 756 g/mol. The largest absolute Gasteiger partial charge is 0.378 e. The number of urea groups is 2. The third kappa shape index (κ3) is 10.2. The molecule has 5 aromatic rings. The van der Waals surface area contributed by atoms with E-state index in [-0.39, 0.29) is 17.5 Å². The topological polar surface area (TPSA) is 167 Å². The lowest BCUT2D eigenvalue weighted by atomic mass is 9.94. The molecule has 56 heavy (non-hydrogen) atoms. The van der Waals surface area contributed by atoms with Gasteiger partial charge in [-0.05, 0) is 68.5 Å². The number of hydrogen-bond acceptors (Lipinski definition) is 12. The van der Waals surface area contributed by atoms with Crippen LogP contribution in [0.15, 0.2) is 73.1 Å². The summed E-state index contributed by atoms with van der Waals surface area (Å²) in [4.78, 5) is 50.6. The highest BCUT2D eigenvalue weighted by Gasteiger charge is 2.27. The quantitative estimate of drug-likeness (QED) is 0.106. The first kappa shape index (κ1) is 38.7. The summed E-state index contributed by atoms with van der Waals surface area (Å²) in [6, 6.07) is 18.8. The number of anilines is 6. The Hall–Kier alpha value is -5.52. The molecule has 0 spiro atoms. The van der Waals surface area contributed by atoms with Crippen molar-refractivity contribution in [1.29, 1.82) is 0 Å². The van der Waals surface area contributed by atoms with Gasteiger partial charge in [0, 0.05) is 72.0 Å². The van der Waals surface area contributed by atoms with Gasteiger partial charge in [0.25, 0.3) is 0 Å². The van der Waals surface area contributed by atoms with Crippen LogP contribution in [0, 0.1) is 11.7 Å². The van der Waals surface area contributed by atoms with E-state index in [0.29, 0.717) is 51.9 Å². The third-order valence-corrected chi connectivity index (χ3v) is 11.0. The summed E-state index contributed by atoms with van der Waals surface area (Å²) in [7, 11) is 0. The van der Waals surface area contributed by atoms with Crippen LogP contribution in [0.4, 0.5) is 47.0 Å². The van der Waals surface area contributed by atoms with Crippen LogP contribution in [0.25, 0.3) is 11.4 Å². The second-order valence-corrected chi connectivity index (χ2v) is 15.1. The Balaban J connectivity index is 0.000000172. The molecule has 8 rings (SSSR count). The van der Waals surface area contributed by atoms with E-state index >= 15 is 0 Å². The predicted molar refractivity (Wildman–Crippen MR) is 219 cm³/mol. The van der Waals surface area contributed by atoms with Gasteiger partial charge >= 0.3 is 12.1 Å². The Labute approximate surface area is 332 Å². The number of nitrogens with one attached hydrogen (secondary N) is 4. The van der Waals surface area contributed by atoms with E-state index in [1.807, 2.05) is 48.5 Å². The standard InChI is InChI=1S/C20H20FN5OS.C19H23N5O3S/c21-15-9-10-16(17(13-15)26-11-5-2-6-12-26)22-19(27)24-20-23-18(25-28-20)14-7-3-1-4-8-14;25-17(13-3-1-2-4-13)15-11-14(24-7-9-27-10-8-24)5-6-16(15)22-18(26)23-19-20-12-21-28-19/h1,3-4,7-10,13H,2,5-6,11-12H2,(H2,22,23,24,25,27);5-6,11-13H,1-4,7-10H2,(H2,20,21,22,23,26). The molecule has 0 unspecified atom stereocenters. The molecule has 4 N–H and O–H groups in total. The van der Waals surface area contributed by atoms with Crippen molar-refractivity contribution < 1.29 is 23.5 Å².